The molecule has 198 valence electrons. The number of sulfonamides is 1. The Hall–Kier alpha value is -3.56. The van der Waals surface area contributed by atoms with Crippen LogP contribution >= 0.6 is 11.6 Å². The van der Waals surface area contributed by atoms with E-state index in [1.165, 1.54) is 28.6 Å². The third kappa shape index (κ3) is 5.35. The number of amides is 2. The molecule has 10 heteroatoms. The van der Waals surface area contributed by atoms with Crippen LogP contribution in [0.5, 0.6) is 5.75 Å². The Morgan fingerprint density at radius 3 is 2.26 bits per heavy atom. The van der Waals surface area contributed by atoms with Gasteiger partial charge in [-0.05, 0) is 61.4 Å². The third-order valence-corrected chi connectivity index (χ3v) is 8.78. The van der Waals surface area contributed by atoms with E-state index in [2.05, 4.69) is 5.32 Å². The van der Waals surface area contributed by atoms with Gasteiger partial charge in [-0.15, -0.1) is 0 Å². The first-order chi connectivity index (χ1) is 18.3. The molecule has 2 heterocycles. The summed E-state index contributed by atoms with van der Waals surface area (Å²) in [6.07, 6.45) is 2.95. The highest BCUT2D eigenvalue weighted by atomic mass is 35.5. The van der Waals surface area contributed by atoms with Gasteiger partial charge in [0.1, 0.15) is 5.75 Å². The van der Waals surface area contributed by atoms with Crippen LogP contribution in [0.4, 0.5) is 11.4 Å². The maximum atomic E-state index is 13.6. The Morgan fingerprint density at radius 1 is 0.868 bits per heavy atom. The Morgan fingerprint density at radius 2 is 1.53 bits per heavy atom. The van der Waals surface area contributed by atoms with Crippen molar-refractivity contribution < 1.29 is 22.7 Å². The summed E-state index contributed by atoms with van der Waals surface area (Å²) >= 11 is 5.95. The van der Waals surface area contributed by atoms with Crippen LogP contribution in [0.2, 0.25) is 5.02 Å². The molecule has 5 rings (SSSR count). The molecular weight excluding hydrogens is 526 g/mol. The number of anilines is 2. The molecule has 8 nitrogen and oxygen atoms in total. The van der Waals surface area contributed by atoms with Crippen LogP contribution in [0.25, 0.3) is 0 Å². The van der Waals surface area contributed by atoms with Gasteiger partial charge in [0.15, 0.2) is 6.10 Å². The minimum absolute atomic E-state index is 0.0474. The number of hydrogen-bond acceptors (Lipinski definition) is 5. The van der Waals surface area contributed by atoms with Gasteiger partial charge >= 0.3 is 0 Å². The van der Waals surface area contributed by atoms with E-state index in [9.17, 15) is 18.0 Å². The Balaban J connectivity index is 1.41. The van der Waals surface area contributed by atoms with Crippen LogP contribution in [-0.2, 0) is 14.8 Å². The molecule has 0 spiro atoms. The fourth-order valence-corrected chi connectivity index (χ4v) is 6.34. The maximum Gasteiger partial charge on any atom is 0.267 e. The van der Waals surface area contributed by atoms with E-state index in [1.54, 1.807) is 48.5 Å². The first-order valence-electron chi connectivity index (χ1n) is 12.6. The first kappa shape index (κ1) is 26.1. The molecule has 2 aliphatic heterocycles. The second-order valence-corrected chi connectivity index (χ2v) is 11.6. The van der Waals surface area contributed by atoms with Crippen molar-refractivity contribution in [2.45, 2.75) is 36.7 Å². The second kappa shape index (κ2) is 11.0. The third-order valence-electron chi connectivity index (χ3n) is 6.74. The molecule has 2 amide bonds. The lowest BCUT2D eigenvalue weighted by molar-refractivity contribution is -0.122. The zero-order chi connectivity index (χ0) is 26.7. The molecule has 0 radical (unpaired) electrons. The van der Waals surface area contributed by atoms with E-state index in [-0.39, 0.29) is 23.1 Å². The fourth-order valence-electron chi connectivity index (χ4n) is 4.74. The summed E-state index contributed by atoms with van der Waals surface area (Å²) in [6.45, 7) is 1.12. The van der Waals surface area contributed by atoms with Gasteiger partial charge in [0, 0.05) is 18.1 Å². The summed E-state index contributed by atoms with van der Waals surface area (Å²) in [5.41, 5.74) is 1.09. The summed E-state index contributed by atoms with van der Waals surface area (Å²) in [4.78, 5) is 28.6. The lowest BCUT2D eigenvalue weighted by Gasteiger charge is -2.34. The quantitative estimate of drug-likeness (QED) is 0.482. The lowest BCUT2D eigenvalue weighted by Crippen LogP contribution is -2.49. The SMILES string of the molecule is O=C(Nc1ccccc1C(=O)N1CCCCCC1)[C@H]1CN(S(=O)(=O)c2ccc(Cl)cc2)c2ccccc2O1. The van der Waals surface area contributed by atoms with E-state index in [4.69, 9.17) is 16.3 Å². The molecular formula is C28H28ClN3O5S. The van der Waals surface area contributed by atoms with E-state index >= 15 is 0 Å². The van der Waals surface area contributed by atoms with Gasteiger partial charge in [-0.3, -0.25) is 13.9 Å². The molecule has 1 saturated heterocycles. The largest absolute Gasteiger partial charge is 0.476 e. The number of carbonyl (C=O) groups excluding carboxylic acids is 2. The number of hydrogen-bond donors (Lipinski definition) is 1. The van der Waals surface area contributed by atoms with Crippen LogP contribution in [0, 0.1) is 0 Å². The van der Waals surface area contributed by atoms with Gasteiger partial charge in [-0.1, -0.05) is 48.7 Å². The van der Waals surface area contributed by atoms with Crippen molar-refractivity contribution in [3.8, 4) is 5.75 Å². The molecule has 1 N–H and O–H groups in total. The molecule has 0 aliphatic carbocycles. The summed E-state index contributed by atoms with van der Waals surface area (Å²) in [5, 5.41) is 3.23. The molecule has 0 bridgehead atoms. The number of carbonyl (C=O) groups is 2. The number of benzene rings is 3. The van der Waals surface area contributed by atoms with E-state index in [1.807, 2.05) is 4.90 Å². The van der Waals surface area contributed by atoms with E-state index in [0.717, 1.165) is 25.7 Å². The number of rotatable bonds is 5. The predicted octanol–water partition coefficient (Wildman–Crippen LogP) is 4.95. The van der Waals surface area contributed by atoms with Crippen molar-refractivity contribution in [2.75, 3.05) is 29.3 Å². The monoisotopic (exact) mass is 553 g/mol. The molecule has 0 unspecified atom stereocenters. The normalized spacial score (nSPS) is 17.7. The zero-order valence-electron chi connectivity index (χ0n) is 20.7. The number of ether oxygens (including phenoxy) is 1. The van der Waals surface area contributed by atoms with Gasteiger partial charge in [-0.25, -0.2) is 8.42 Å². The van der Waals surface area contributed by atoms with E-state index in [0.29, 0.717) is 35.1 Å². The highest BCUT2D eigenvalue weighted by molar-refractivity contribution is 7.92. The number of nitrogens with zero attached hydrogens (tertiary/aromatic N) is 2. The number of fused-ring (bicyclic) bond motifs is 1. The van der Waals surface area contributed by atoms with Crippen molar-refractivity contribution >= 4 is 44.8 Å². The summed E-state index contributed by atoms with van der Waals surface area (Å²) in [7, 11) is -4.02. The Bertz CT molecular complexity index is 1440. The molecule has 3 aromatic carbocycles. The maximum absolute atomic E-state index is 13.6. The fraction of sp³-hybridized carbons (Fsp3) is 0.286. The minimum Gasteiger partial charge on any atom is -0.476 e. The summed E-state index contributed by atoms with van der Waals surface area (Å²) in [5.74, 6) is -0.415. The molecule has 0 aromatic heterocycles. The average Bonchev–Trinajstić information content (AvgIpc) is 3.22. The summed E-state index contributed by atoms with van der Waals surface area (Å²) < 4.78 is 34.3. The topological polar surface area (TPSA) is 96.0 Å². The zero-order valence-corrected chi connectivity index (χ0v) is 22.2. The average molecular weight is 554 g/mol. The van der Waals surface area contributed by atoms with Crippen molar-refractivity contribution in [1.82, 2.24) is 4.90 Å². The van der Waals surface area contributed by atoms with Crippen molar-refractivity contribution in [3.63, 3.8) is 0 Å². The minimum atomic E-state index is -4.02. The van der Waals surface area contributed by atoms with Crippen molar-refractivity contribution in [2.24, 2.45) is 0 Å². The van der Waals surface area contributed by atoms with Gasteiger partial charge in [0.05, 0.1) is 28.4 Å². The summed E-state index contributed by atoms with van der Waals surface area (Å²) in [6, 6.07) is 19.4. The lowest BCUT2D eigenvalue weighted by atomic mass is 10.1. The van der Waals surface area contributed by atoms with Crippen LogP contribution < -0.4 is 14.4 Å². The molecule has 1 atom stereocenters. The number of likely N-dealkylation sites (tertiary alicyclic amines) is 1. The smallest absolute Gasteiger partial charge is 0.267 e. The highest BCUT2D eigenvalue weighted by Gasteiger charge is 2.38. The van der Waals surface area contributed by atoms with Gasteiger partial charge in [-0.2, -0.15) is 0 Å². The molecule has 38 heavy (non-hydrogen) atoms. The van der Waals surface area contributed by atoms with Crippen molar-refractivity contribution in [3.05, 3.63) is 83.4 Å². The van der Waals surface area contributed by atoms with Crippen LogP contribution in [0.3, 0.4) is 0 Å². The Kier molecular flexibility index (Phi) is 7.58. The Labute approximate surface area is 227 Å². The standard InChI is InChI=1S/C28H28ClN3O5S/c29-20-13-15-21(16-14-20)38(35,36)32-19-26(37-25-12-6-5-11-24(25)32)27(33)30-23-10-4-3-9-22(23)28(34)31-17-7-1-2-8-18-31/h3-6,9-16,26H,1-2,7-8,17-19H2,(H,30,33)/t26-/m1/s1. The second-order valence-electron chi connectivity index (χ2n) is 9.31. The van der Waals surface area contributed by atoms with Gasteiger partial charge in [0.25, 0.3) is 21.8 Å². The van der Waals surface area contributed by atoms with Crippen LogP contribution in [-0.4, -0.2) is 50.9 Å². The molecule has 3 aromatic rings. The predicted molar refractivity (Wildman–Crippen MR) is 146 cm³/mol. The number of para-hydroxylation sites is 3. The van der Waals surface area contributed by atoms with Crippen LogP contribution in [0.15, 0.2) is 77.7 Å². The van der Waals surface area contributed by atoms with Crippen molar-refractivity contribution in [1.29, 1.82) is 0 Å². The van der Waals surface area contributed by atoms with Gasteiger partial charge in [0.2, 0.25) is 0 Å². The molecule has 0 saturated carbocycles. The molecule has 2 aliphatic rings. The van der Waals surface area contributed by atoms with Crippen LogP contribution in [0.1, 0.15) is 36.0 Å². The van der Waals surface area contributed by atoms with Gasteiger partial charge < -0.3 is 15.0 Å². The highest BCUT2D eigenvalue weighted by Crippen LogP contribution is 2.37. The number of nitrogens with one attached hydrogen (secondary N) is 1. The number of halogens is 1. The van der Waals surface area contributed by atoms with E-state index < -0.39 is 22.0 Å². The first-order valence-corrected chi connectivity index (χ1v) is 14.4. The molecule has 1 fully saturated rings.